The third-order valence-corrected chi connectivity index (χ3v) is 7.35. The molecule has 1 aliphatic rings. The number of rotatable bonds is 11. The smallest absolute Gasteiger partial charge is 0.305 e. The number of benzene rings is 2. The van der Waals surface area contributed by atoms with Crippen LogP contribution in [0.4, 0.5) is 5.69 Å². The highest BCUT2D eigenvalue weighted by Gasteiger charge is 2.28. The van der Waals surface area contributed by atoms with Crippen molar-refractivity contribution in [3.63, 3.8) is 0 Å². The highest BCUT2D eigenvalue weighted by Crippen LogP contribution is 2.40. The van der Waals surface area contributed by atoms with Crippen LogP contribution in [-0.4, -0.2) is 54.8 Å². The molecule has 4 rings (SSSR count). The molecule has 0 spiro atoms. The van der Waals surface area contributed by atoms with Crippen LogP contribution >= 0.6 is 0 Å². The second-order valence-corrected chi connectivity index (χ2v) is 10.1. The normalized spacial score (nSPS) is 13.7. The van der Waals surface area contributed by atoms with E-state index in [0.29, 0.717) is 35.3 Å². The van der Waals surface area contributed by atoms with Crippen LogP contribution in [0.15, 0.2) is 42.5 Å². The van der Waals surface area contributed by atoms with E-state index in [-0.39, 0.29) is 25.4 Å². The molecule has 0 unspecified atom stereocenters. The fourth-order valence-electron chi connectivity index (χ4n) is 5.43. The maximum Gasteiger partial charge on any atom is 0.305 e. The third kappa shape index (κ3) is 6.53. The lowest BCUT2D eigenvalue weighted by Gasteiger charge is -2.32. The standard InChI is InChI=1S/C30H37N3O6/c1-20-15-25(38-2)29(26(16-20)39-3)33(19-21-9-5-4-6-10-21)27(34)18-31-30(37)24-17-22-11-7-8-12-23(22)32(24)14-13-28(35)36/h7-8,11-12,15-17,21H,4-6,9-10,13-14,18-19H2,1-3H3,(H,31,37)(H,35,36). The molecule has 208 valence electrons. The minimum absolute atomic E-state index is 0.125. The molecule has 1 heterocycles. The number of amides is 2. The van der Waals surface area contributed by atoms with Gasteiger partial charge in [-0.05, 0) is 55.5 Å². The predicted octanol–water partition coefficient (Wildman–Crippen LogP) is 4.78. The third-order valence-electron chi connectivity index (χ3n) is 7.35. The molecule has 9 nitrogen and oxygen atoms in total. The average molecular weight is 536 g/mol. The van der Waals surface area contributed by atoms with Crippen molar-refractivity contribution in [3.05, 3.63) is 53.7 Å². The number of carbonyl (C=O) groups is 3. The van der Waals surface area contributed by atoms with Gasteiger partial charge in [-0.1, -0.05) is 37.5 Å². The highest BCUT2D eigenvalue weighted by molar-refractivity contribution is 6.03. The van der Waals surface area contributed by atoms with E-state index in [4.69, 9.17) is 9.47 Å². The van der Waals surface area contributed by atoms with E-state index in [1.165, 1.54) is 6.42 Å². The average Bonchev–Trinajstić information content (AvgIpc) is 3.32. The van der Waals surface area contributed by atoms with Crippen LogP contribution in [0.5, 0.6) is 11.5 Å². The first-order valence-corrected chi connectivity index (χ1v) is 13.4. The molecular formula is C30H37N3O6. The maximum absolute atomic E-state index is 13.8. The van der Waals surface area contributed by atoms with Crippen LogP contribution < -0.4 is 19.7 Å². The molecule has 1 saturated carbocycles. The minimum Gasteiger partial charge on any atom is -0.494 e. The maximum atomic E-state index is 13.8. The molecule has 2 aromatic carbocycles. The first-order valence-electron chi connectivity index (χ1n) is 13.4. The number of anilines is 1. The van der Waals surface area contributed by atoms with Crippen LogP contribution in [0, 0.1) is 12.8 Å². The predicted molar refractivity (Wildman–Crippen MR) is 150 cm³/mol. The molecule has 2 amide bonds. The number of carboxylic acids is 1. The van der Waals surface area contributed by atoms with Crippen LogP contribution in [0.3, 0.4) is 0 Å². The van der Waals surface area contributed by atoms with Gasteiger partial charge in [0.05, 0.1) is 27.2 Å². The summed E-state index contributed by atoms with van der Waals surface area (Å²) in [6.45, 7) is 2.35. The van der Waals surface area contributed by atoms with Gasteiger partial charge in [-0.25, -0.2) is 0 Å². The van der Waals surface area contributed by atoms with Crippen LogP contribution in [0.2, 0.25) is 0 Å². The minimum atomic E-state index is -0.950. The first kappa shape index (κ1) is 28.0. The molecule has 3 aromatic rings. The summed E-state index contributed by atoms with van der Waals surface area (Å²) in [5.74, 6) is -0.249. The number of nitrogens with one attached hydrogen (secondary N) is 1. The van der Waals surface area contributed by atoms with Crippen molar-refractivity contribution in [1.82, 2.24) is 9.88 Å². The number of carbonyl (C=O) groups excluding carboxylic acids is 2. The SMILES string of the molecule is COc1cc(C)cc(OC)c1N(CC1CCCCC1)C(=O)CNC(=O)c1cc2ccccc2n1CCC(=O)O. The molecular weight excluding hydrogens is 498 g/mol. The molecule has 0 saturated heterocycles. The molecule has 1 aliphatic carbocycles. The summed E-state index contributed by atoms with van der Waals surface area (Å²) in [6.07, 6.45) is 5.42. The summed E-state index contributed by atoms with van der Waals surface area (Å²) in [5, 5.41) is 12.8. The quantitative estimate of drug-likeness (QED) is 0.366. The number of para-hydroxylation sites is 1. The van der Waals surface area contributed by atoms with Crippen molar-refractivity contribution >= 4 is 34.4 Å². The number of aliphatic carboxylic acids is 1. The lowest BCUT2D eigenvalue weighted by molar-refractivity contribution is -0.137. The molecule has 1 aromatic heterocycles. The van der Waals surface area contributed by atoms with Crippen molar-refractivity contribution in [1.29, 1.82) is 0 Å². The fraction of sp³-hybridized carbons (Fsp3) is 0.433. The highest BCUT2D eigenvalue weighted by atomic mass is 16.5. The van der Waals surface area contributed by atoms with Crippen molar-refractivity contribution in [2.24, 2.45) is 5.92 Å². The van der Waals surface area contributed by atoms with E-state index in [9.17, 15) is 19.5 Å². The van der Waals surface area contributed by atoms with Crippen molar-refractivity contribution in [3.8, 4) is 11.5 Å². The number of ether oxygens (including phenoxy) is 2. The van der Waals surface area contributed by atoms with Gasteiger partial charge < -0.3 is 29.4 Å². The molecule has 0 atom stereocenters. The van der Waals surface area contributed by atoms with Gasteiger partial charge in [-0.15, -0.1) is 0 Å². The van der Waals surface area contributed by atoms with E-state index in [0.717, 1.165) is 42.1 Å². The number of aromatic nitrogens is 1. The lowest BCUT2D eigenvalue weighted by atomic mass is 9.88. The number of aryl methyl sites for hydroxylation is 2. The number of hydrogen-bond acceptors (Lipinski definition) is 5. The molecule has 0 radical (unpaired) electrons. The Morgan fingerprint density at radius 1 is 1.03 bits per heavy atom. The first-order chi connectivity index (χ1) is 18.8. The summed E-state index contributed by atoms with van der Waals surface area (Å²) >= 11 is 0. The van der Waals surface area contributed by atoms with E-state index in [1.807, 2.05) is 43.3 Å². The molecule has 0 bridgehead atoms. The summed E-state index contributed by atoms with van der Waals surface area (Å²) < 4.78 is 13.0. The Balaban J connectivity index is 1.60. The van der Waals surface area contributed by atoms with Gasteiger partial charge in [0.15, 0.2) is 0 Å². The van der Waals surface area contributed by atoms with Crippen molar-refractivity contribution < 1.29 is 29.0 Å². The van der Waals surface area contributed by atoms with Gasteiger partial charge in [0.1, 0.15) is 22.9 Å². The zero-order valence-electron chi connectivity index (χ0n) is 22.9. The number of methoxy groups -OCH3 is 2. The van der Waals surface area contributed by atoms with Crippen molar-refractivity contribution in [2.75, 3.05) is 32.2 Å². The molecule has 1 fully saturated rings. The van der Waals surface area contributed by atoms with Crippen LogP contribution in [0.25, 0.3) is 10.9 Å². The Morgan fingerprint density at radius 3 is 2.33 bits per heavy atom. The number of fused-ring (bicyclic) bond motifs is 1. The van der Waals surface area contributed by atoms with E-state index in [1.54, 1.807) is 29.8 Å². The topological polar surface area (TPSA) is 110 Å². The zero-order chi connectivity index (χ0) is 27.9. The number of hydrogen-bond donors (Lipinski definition) is 2. The van der Waals surface area contributed by atoms with E-state index < -0.39 is 11.9 Å². The Hall–Kier alpha value is -4.01. The summed E-state index contributed by atoms with van der Waals surface area (Å²) in [4.78, 5) is 40.0. The monoisotopic (exact) mass is 535 g/mol. The molecule has 2 N–H and O–H groups in total. The van der Waals surface area contributed by atoms with Crippen molar-refractivity contribution in [2.45, 2.75) is 52.0 Å². The van der Waals surface area contributed by atoms with Gasteiger partial charge in [-0.2, -0.15) is 0 Å². The van der Waals surface area contributed by atoms with Gasteiger partial charge in [0, 0.05) is 24.0 Å². The Morgan fingerprint density at radius 2 is 1.69 bits per heavy atom. The largest absolute Gasteiger partial charge is 0.494 e. The summed E-state index contributed by atoms with van der Waals surface area (Å²) in [7, 11) is 3.14. The summed E-state index contributed by atoms with van der Waals surface area (Å²) in [6, 6.07) is 12.9. The zero-order valence-corrected chi connectivity index (χ0v) is 22.9. The van der Waals surface area contributed by atoms with E-state index in [2.05, 4.69) is 5.32 Å². The number of carboxylic acid groups (broad SMARTS) is 1. The van der Waals surface area contributed by atoms with Gasteiger partial charge in [0.25, 0.3) is 5.91 Å². The molecule has 9 heteroatoms. The van der Waals surface area contributed by atoms with E-state index >= 15 is 0 Å². The second kappa shape index (κ2) is 12.7. The number of nitrogens with zero attached hydrogens (tertiary/aromatic N) is 2. The Bertz CT molecular complexity index is 1320. The van der Waals surface area contributed by atoms with Gasteiger partial charge in [-0.3, -0.25) is 14.4 Å². The van der Waals surface area contributed by atoms with Gasteiger partial charge >= 0.3 is 5.97 Å². The van der Waals surface area contributed by atoms with Crippen LogP contribution in [-0.2, 0) is 16.1 Å². The molecule has 0 aliphatic heterocycles. The summed E-state index contributed by atoms with van der Waals surface area (Å²) in [5.41, 5.74) is 2.59. The Kier molecular flexibility index (Phi) is 9.11. The molecule has 39 heavy (non-hydrogen) atoms. The fourth-order valence-corrected chi connectivity index (χ4v) is 5.43. The Labute approximate surface area is 228 Å². The lowest BCUT2D eigenvalue weighted by Crippen LogP contribution is -2.43. The van der Waals surface area contributed by atoms with Crippen LogP contribution in [0.1, 0.15) is 54.6 Å². The second-order valence-electron chi connectivity index (χ2n) is 10.1. The van der Waals surface area contributed by atoms with Gasteiger partial charge in [0.2, 0.25) is 5.91 Å².